The third kappa shape index (κ3) is 2.72. The fourth-order valence-corrected chi connectivity index (χ4v) is 4.08. The van der Waals surface area contributed by atoms with Crippen LogP contribution in [0.5, 0.6) is 0 Å². The Hall–Kier alpha value is -2.18. The number of aromatic nitrogens is 1. The quantitative estimate of drug-likeness (QED) is 0.658. The van der Waals surface area contributed by atoms with E-state index in [1.54, 1.807) is 11.3 Å². The second kappa shape index (κ2) is 6.37. The molecule has 0 radical (unpaired) electrons. The van der Waals surface area contributed by atoms with Crippen molar-refractivity contribution in [3.8, 4) is 0 Å². The van der Waals surface area contributed by atoms with E-state index in [1.165, 1.54) is 0 Å². The van der Waals surface area contributed by atoms with Gasteiger partial charge in [-0.3, -0.25) is 9.69 Å². The first-order valence-corrected chi connectivity index (χ1v) is 8.77. The summed E-state index contributed by atoms with van der Waals surface area (Å²) in [6.07, 6.45) is 0. The lowest BCUT2D eigenvalue weighted by atomic mass is 10.1. The van der Waals surface area contributed by atoms with Crippen molar-refractivity contribution in [3.05, 3.63) is 30.0 Å². The minimum Gasteiger partial charge on any atom is -0.379 e. The van der Waals surface area contributed by atoms with Gasteiger partial charge in [0, 0.05) is 31.7 Å². The van der Waals surface area contributed by atoms with Gasteiger partial charge in [0.2, 0.25) is 0 Å². The molecule has 1 aromatic heterocycles. The van der Waals surface area contributed by atoms with E-state index >= 15 is 0 Å². The number of thiazole rings is 1. The van der Waals surface area contributed by atoms with Gasteiger partial charge >= 0.3 is 0 Å². The number of amides is 1. The molecule has 0 atom stereocenters. The van der Waals surface area contributed by atoms with Crippen LogP contribution in [0.4, 0.5) is 10.8 Å². The summed E-state index contributed by atoms with van der Waals surface area (Å²) >= 11 is 1.56. The Morgan fingerprint density at radius 3 is 3.04 bits per heavy atom. The Labute approximate surface area is 143 Å². The minimum absolute atomic E-state index is 0.150. The van der Waals surface area contributed by atoms with Crippen molar-refractivity contribution in [1.82, 2.24) is 9.88 Å². The lowest BCUT2D eigenvalue weighted by Gasteiger charge is -2.26. The highest BCUT2D eigenvalue weighted by Crippen LogP contribution is 2.40. The van der Waals surface area contributed by atoms with Crippen LogP contribution in [0.15, 0.2) is 24.4 Å². The first kappa shape index (κ1) is 15.4. The topological polar surface area (TPSA) is 66.5 Å². The monoisotopic (exact) mass is 342 g/mol. The SMILES string of the molecule is C=C=C1C(=O)Nc2ccc3nc(NCCN4CCOCC4)sc3c21. The number of nitrogens with zero attached hydrogens (tertiary/aromatic N) is 2. The highest BCUT2D eigenvalue weighted by molar-refractivity contribution is 7.22. The van der Waals surface area contributed by atoms with Crippen molar-refractivity contribution in [1.29, 1.82) is 0 Å². The molecule has 3 heterocycles. The van der Waals surface area contributed by atoms with E-state index in [0.717, 1.165) is 66.0 Å². The molecule has 24 heavy (non-hydrogen) atoms. The molecule has 0 unspecified atom stereocenters. The molecule has 0 bridgehead atoms. The number of hydrogen-bond acceptors (Lipinski definition) is 6. The predicted molar refractivity (Wildman–Crippen MR) is 96.5 cm³/mol. The maximum atomic E-state index is 12.0. The van der Waals surface area contributed by atoms with Gasteiger partial charge in [-0.25, -0.2) is 4.98 Å². The van der Waals surface area contributed by atoms with Gasteiger partial charge in [-0.05, 0) is 12.1 Å². The second-order valence-electron chi connectivity index (χ2n) is 5.74. The summed E-state index contributed by atoms with van der Waals surface area (Å²) in [7, 11) is 0. The largest absolute Gasteiger partial charge is 0.379 e. The third-order valence-corrected chi connectivity index (χ3v) is 5.31. The summed E-state index contributed by atoms with van der Waals surface area (Å²) in [6, 6.07) is 3.82. The van der Waals surface area contributed by atoms with Crippen LogP contribution in [-0.4, -0.2) is 55.2 Å². The van der Waals surface area contributed by atoms with E-state index in [0.29, 0.717) is 5.57 Å². The Morgan fingerprint density at radius 1 is 1.42 bits per heavy atom. The van der Waals surface area contributed by atoms with Gasteiger partial charge in [0.25, 0.3) is 5.91 Å². The van der Waals surface area contributed by atoms with Gasteiger partial charge in [0.05, 0.1) is 34.7 Å². The van der Waals surface area contributed by atoms with E-state index < -0.39 is 0 Å². The molecule has 4 rings (SSSR count). The molecule has 0 spiro atoms. The van der Waals surface area contributed by atoms with Crippen LogP contribution in [0.1, 0.15) is 5.56 Å². The molecule has 2 N–H and O–H groups in total. The summed E-state index contributed by atoms with van der Waals surface area (Å²) in [5.41, 5.74) is 5.81. The number of rotatable bonds is 4. The molecular weight excluding hydrogens is 324 g/mol. The molecule has 6 nitrogen and oxygen atoms in total. The fraction of sp³-hybridized carbons (Fsp3) is 0.353. The van der Waals surface area contributed by atoms with E-state index in [1.807, 2.05) is 12.1 Å². The average molecular weight is 342 g/mol. The standard InChI is InChI=1S/C17H18N4O2S/c1-2-11-14-12(19-16(11)22)3-4-13-15(14)24-17(20-13)18-5-6-21-7-9-23-10-8-21/h3-4H,1,5-10H2,(H,18,20)(H,19,22). The maximum Gasteiger partial charge on any atom is 0.264 e. The van der Waals surface area contributed by atoms with Gasteiger partial charge in [-0.1, -0.05) is 17.9 Å². The van der Waals surface area contributed by atoms with E-state index in [4.69, 9.17) is 4.74 Å². The molecule has 0 saturated carbocycles. The van der Waals surface area contributed by atoms with Gasteiger partial charge in [-0.15, -0.1) is 5.73 Å². The smallest absolute Gasteiger partial charge is 0.264 e. The van der Waals surface area contributed by atoms with Crippen LogP contribution in [0.25, 0.3) is 15.8 Å². The highest BCUT2D eigenvalue weighted by Gasteiger charge is 2.27. The zero-order chi connectivity index (χ0) is 16.5. The van der Waals surface area contributed by atoms with Crippen molar-refractivity contribution in [2.45, 2.75) is 0 Å². The van der Waals surface area contributed by atoms with Gasteiger partial charge in [0.1, 0.15) is 0 Å². The Balaban J connectivity index is 1.53. The molecule has 2 aliphatic rings. The number of hydrogen-bond donors (Lipinski definition) is 2. The number of ether oxygens (including phenoxy) is 1. The predicted octanol–water partition coefficient (Wildman–Crippen LogP) is 2.16. The van der Waals surface area contributed by atoms with Crippen LogP contribution in [-0.2, 0) is 9.53 Å². The molecule has 7 heteroatoms. The number of anilines is 2. The second-order valence-corrected chi connectivity index (χ2v) is 6.74. The number of carbonyl (C=O) groups is 1. The van der Waals surface area contributed by atoms with Crippen LogP contribution in [0.2, 0.25) is 0 Å². The first-order valence-electron chi connectivity index (χ1n) is 7.95. The number of benzene rings is 1. The van der Waals surface area contributed by atoms with E-state index in [2.05, 4.69) is 32.8 Å². The molecule has 1 amide bonds. The van der Waals surface area contributed by atoms with Crippen molar-refractivity contribution in [3.63, 3.8) is 0 Å². The van der Waals surface area contributed by atoms with Crippen molar-refractivity contribution in [2.24, 2.45) is 0 Å². The van der Waals surface area contributed by atoms with E-state index in [-0.39, 0.29) is 5.91 Å². The Morgan fingerprint density at radius 2 is 2.25 bits per heavy atom. The van der Waals surface area contributed by atoms with Crippen molar-refractivity contribution < 1.29 is 9.53 Å². The highest BCUT2D eigenvalue weighted by atomic mass is 32.1. The molecule has 2 aromatic rings. The van der Waals surface area contributed by atoms with Crippen LogP contribution in [0, 0.1) is 0 Å². The maximum absolute atomic E-state index is 12.0. The Kier molecular flexibility index (Phi) is 4.08. The molecule has 1 saturated heterocycles. The summed E-state index contributed by atoms with van der Waals surface area (Å²) < 4.78 is 6.35. The lowest BCUT2D eigenvalue weighted by molar-refractivity contribution is -0.110. The van der Waals surface area contributed by atoms with Gasteiger partial charge in [0.15, 0.2) is 5.13 Å². The molecule has 2 aliphatic heterocycles. The third-order valence-electron chi connectivity index (χ3n) is 4.27. The molecule has 0 aliphatic carbocycles. The molecular formula is C17H18N4O2S. The van der Waals surface area contributed by atoms with Gasteiger partial charge < -0.3 is 15.4 Å². The average Bonchev–Trinajstić information content (AvgIpc) is 3.15. The van der Waals surface area contributed by atoms with Crippen LogP contribution in [0.3, 0.4) is 0 Å². The summed E-state index contributed by atoms with van der Waals surface area (Å²) in [5, 5.41) is 7.11. The summed E-state index contributed by atoms with van der Waals surface area (Å²) in [6.45, 7) is 9.03. The minimum atomic E-state index is -0.150. The summed E-state index contributed by atoms with van der Waals surface area (Å²) in [5.74, 6) is -0.150. The first-order chi connectivity index (χ1) is 11.8. The van der Waals surface area contributed by atoms with Gasteiger partial charge in [-0.2, -0.15) is 0 Å². The van der Waals surface area contributed by atoms with E-state index in [9.17, 15) is 4.79 Å². The zero-order valence-electron chi connectivity index (χ0n) is 13.2. The number of morpholine rings is 1. The molecule has 1 aromatic carbocycles. The lowest BCUT2D eigenvalue weighted by Crippen LogP contribution is -2.38. The van der Waals surface area contributed by atoms with Crippen LogP contribution < -0.4 is 10.6 Å². The zero-order valence-corrected chi connectivity index (χ0v) is 14.0. The number of carbonyl (C=O) groups excluding carboxylic acids is 1. The Bertz CT molecular complexity index is 848. The number of fused-ring (bicyclic) bond motifs is 3. The normalized spacial score (nSPS) is 17.7. The molecule has 124 valence electrons. The molecule has 1 fully saturated rings. The summed E-state index contributed by atoms with van der Waals surface area (Å²) in [4.78, 5) is 19.0. The van der Waals surface area contributed by atoms with Crippen LogP contribution >= 0.6 is 11.3 Å². The van der Waals surface area contributed by atoms with Crippen molar-refractivity contribution in [2.75, 3.05) is 50.0 Å². The van der Waals surface area contributed by atoms with Crippen molar-refractivity contribution >= 4 is 43.9 Å². The fourth-order valence-electron chi connectivity index (χ4n) is 3.03. The number of nitrogens with one attached hydrogen (secondary N) is 2.